The van der Waals surface area contributed by atoms with Crippen molar-refractivity contribution in [3.63, 3.8) is 0 Å². The quantitative estimate of drug-likeness (QED) is 0.696. The van der Waals surface area contributed by atoms with Crippen LogP contribution in [-0.4, -0.2) is 56.8 Å². The number of hydrogen-bond donors (Lipinski definition) is 2. The molecule has 4 rings (SSSR count). The number of dihydropyridines is 1. The van der Waals surface area contributed by atoms with E-state index in [1.54, 1.807) is 16.6 Å². The van der Waals surface area contributed by atoms with Gasteiger partial charge in [0.15, 0.2) is 0 Å². The molecule has 1 saturated heterocycles. The van der Waals surface area contributed by atoms with Crippen LogP contribution in [0.1, 0.15) is 18.2 Å². The van der Waals surface area contributed by atoms with E-state index in [1.807, 2.05) is 32.1 Å². The molecule has 2 aliphatic heterocycles. The van der Waals surface area contributed by atoms with Crippen molar-refractivity contribution in [2.75, 3.05) is 25.4 Å². The van der Waals surface area contributed by atoms with Gasteiger partial charge in [0, 0.05) is 48.4 Å². The molecule has 2 N–H and O–H groups in total. The van der Waals surface area contributed by atoms with Gasteiger partial charge in [0.2, 0.25) is 0 Å². The van der Waals surface area contributed by atoms with Crippen LogP contribution in [-0.2, 0) is 0 Å². The summed E-state index contributed by atoms with van der Waals surface area (Å²) in [5.41, 5.74) is 4.01. The Bertz CT molecular complexity index is 1020. The summed E-state index contributed by atoms with van der Waals surface area (Å²) in [6.45, 7) is 8.65. The predicted octanol–water partition coefficient (Wildman–Crippen LogP) is 4.43. The van der Waals surface area contributed by atoms with Crippen LogP contribution >= 0.6 is 11.9 Å². The lowest BCUT2D eigenvalue weighted by molar-refractivity contribution is -0.187. The van der Waals surface area contributed by atoms with Gasteiger partial charge in [-0.15, -0.1) is 0 Å². The number of nitrogens with one attached hydrogen (secondary N) is 2. The van der Waals surface area contributed by atoms with Crippen LogP contribution in [0.2, 0.25) is 0 Å². The number of aromatic amines is 1. The summed E-state index contributed by atoms with van der Waals surface area (Å²) >= 11 is 1.45. The summed E-state index contributed by atoms with van der Waals surface area (Å²) in [5.74, 6) is 1.18. The standard InChI is InChI=1S/C21H24F3N5S/c1-4-30-28-7-8-29(18(12-28)21(22,23)24)19-11-15(9-13(2)26-19)16-5-6-25-20-17(16)10-14(3)27-20/h5-6,9-11,18,26H,2,4,7-8,12H2,1,3H3,(H,25,27). The Balaban J connectivity index is 1.70. The molecule has 9 heteroatoms. The minimum Gasteiger partial charge on any atom is -0.344 e. The lowest BCUT2D eigenvalue weighted by atomic mass is 10.00. The number of H-pyrrole nitrogens is 1. The molecule has 160 valence electrons. The molecule has 30 heavy (non-hydrogen) atoms. The largest absolute Gasteiger partial charge is 0.410 e. The second-order valence-electron chi connectivity index (χ2n) is 7.41. The van der Waals surface area contributed by atoms with Gasteiger partial charge in [0.25, 0.3) is 0 Å². The second kappa shape index (κ2) is 8.03. The van der Waals surface area contributed by atoms with Crippen molar-refractivity contribution in [3.05, 3.63) is 59.8 Å². The van der Waals surface area contributed by atoms with Crippen molar-refractivity contribution in [2.24, 2.45) is 0 Å². The predicted molar refractivity (Wildman–Crippen MR) is 115 cm³/mol. The van der Waals surface area contributed by atoms with E-state index in [-0.39, 0.29) is 13.1 Å². The van der Waals surface area contributed by atoms with Gasteiger partial charge in [-0.1, -0.05) is 25.5 Å². The van der Waals surface area contributed by atoms with Gasteiger partial charge in [-0.25, -0.2) is 9.29 Å². The fraction of sp³-hybridized carbons (Fsp3) is 0.381. The van der Waals surface area contributed by atoms with E-state index in [0.29, 0.717) is 18.1 Å². The van der Waals surface area contributed by atoms with Crippen molar-refractivity contribution in [3.8, 4) is 0 Å². The average molecular weight is 436 g/mol. The number of pyridine rings is 1. The topological polar surface area (TPSA) is 47.2 Å². The molecule has 1 atom stereocenters. The van der Waals surface area contributed by atoms with E-state index in [4.69, 9.17) is 0 Å². The fourth-order valence-corrected chi connectivity index (χ4v) is 4.78. The van der Waals surface area contributed by atoms with E-state index in [9.17, 15) is 13.2 Å². The van der Waals surface area contributed by atoms with Crippen LogP contribution in [0.25, 0.3) is 16.6 Å². The van der Waals surface area contributed by atoms with Crippen molar-refractivity contribution < 1.29 is 13.2 Å². The highest BCUT2D eigenvalue weighted by atomic mass is 32.2. The number of fused-ring (bicyclic) bond motifs is 1. The Morgan fingerprint density at radius 3 is 2.83 bits per heavy atom. The zero-order valence-electron chi connectivity index (χ0n) is 16.9. The molecule has 2 aliphatic rings. The molecular weight excluding hydrogens is 411 g/mol. The molecule has 0 radical (unpaired) electrons. The van der Waals surface area contributed by atoms with Gasteiger partial charge in [-0.3, -0.25) is 0 Å². The molecule has 4 heterocycles. The number of halogens is 3. The number of aromatic nitrogens is 2. The zero-order valence-corrected chi connectivity index (χ0v) is 17.7. The first kappa shape index (κ1) is 20.9. The number of allylic oxidation sites excluding steroid dienone is 3. The molecule has 1 unspecified atom stereocenters. The van der Waals surface area contributed by atoms with Crippen LogP contribution in [0.15, 0.2) is 48.6 Å². The van der Waals surface area contributed by atoms with Crippen molar-refractivity contribution >= 4 is 28.6 Å². The summed E-state index contributed by atoms with van der Waals surface area (Å²) in [7, 11) is 0. The third-order valence-electron chi connectivity index (χ3n) is 5.23. The lowest BCUT2D eigenvalue weighted by Gasteiger charge is -2.44. The Hall–Kier alpha value is -2.39. The number of aryl methyl sites for hydroxylation is 1. The Labute approximate surface area is 177 Å². The summed E-state index contributed by atoms with van der Waals surface area (Å²) < 4.78 is 43.5. The van der Waals surface area contributed by atoms with Crippen molar-refractivity contribution in [2.45, 2.75) is 26.1 Å². The van der Waals surface area contributed by atoms with Gasteiger partial charge < -0.3 is 15.2 Å². The van der Waals surface area contributed by atoms with Crippen molar-refractivity contribution in [1.29, 1.82) is 0 Å². The number of alkyl halides is 3. The maximum absolute atomic E-state index is 13.9. The smallest absolute Gasteiger partial charge is 0.344 e. The maximum atomic E-state index is 13.9. The molecule has 0 saturated carbocycles. The Morgan fingerprint density at radius 1 is 1.30 bits per heavy atom. The maximum Gasteiger partial charge on any atom is 0.410 e. The van der Waals surface area contributed by atoms with Gasteiger partial charge >= 0.3 is 6.18 Å². The van der Waals surface area contributed by atoms with Gasteiger partial charge in [0.05, 0.1) is 0 Å². The lowest BCUT2D eigenvalue weighted by Crippen LogP contribution is -2.58. The number of hydrogen-bond acceptors (Lipinski definition) is 5. The monoisotopic (exact) mass is 435 g/mol. The Morgan fingerprint density at radius 2 is 2.10 bits per heavy atom. The van der Waals surface area contributed by atoms with Crippen molar-refractivity contribution in [1.82, 2.24) is 24.5 Å². The molecule has 0 spiro atoms. The van der Waals surface area contributed by atoms with Gasteiger partial charge in [-0.05, 0) is 42.3 Å². The van der Waals surface area contributed by atoms with Crippen LogP contribution in [0.4, 0.5) is 13.2 Å². The summed E-state index contributed by atoms with van der Waals surface area (Å²) in [6, 6.07) is 2.30. The minimum atomic E-state index is -4.33. The summed E-state index contributed by atoms with van der Waals surface area (Å²) in [4.78, 5) is 8.97. The third-order valence-corrected chi connectivity index (χ3v) is 6.19. The first-order chi connectivity index (χ1) is 14.3. The van der Waals surface area contributed by atoms with Gasteiger partial charge in [-0.2, -0.15) is 13.2 Å². The highest BCUT2D eigenvalue weighted by Crippen LogP contribution is 2.35. The number of rotatable bonds is 4. The normalized spacial score (nSPS) is 20.9. The van der Waals surface area contributed by atoms with Crippen LogP contribution in [0, 0.1) is 6.92 Å². The molecule has 0 aromatic carbocycles. The molecule has 2 aromatic rings. The number of piperazine rings is 1. The van der Waals surface area contributed by atoms with Crippen LogP contribution in [0.5, 0.6) is 0 Å². The molecule has 0 aliphatic carbocycles. The molecule has 0 bridgehead atoms. The van der Waals surface area contributed by atoms with E-state index in [1.165, 1.54) is 16.8 Å². The van der Waals surface area contributed by atoms with Gasteiger partial charge in [0.1, 0.15) is 17.5 Å². The van der Waals surface area contributed by atoms with E-state index in [2.05, 4.69) is 21.9 Å². The first-order valence-corrected chi connectivity index (χ1v) is 10.8. The van der Waals surface area contributed by atoms with E-state index < -0.39 is 12.2 Å². The molecular formula is C21H24F3N5S. The molecule has 1 fully saturated rings. The molecule has 2 aromatic heterocycles. The highest BCUT2D eigenvalue weighted by Gasteiger charge is 2.47. The Kier molecular flexibility index (Phi) is 5.59. The summed E-state index contributed by atoms with van der Waals surface area (Å²) in [5, 5.41) is 3.99. The zero-order chi connectivity index (χ0) is 21.5. The second-order valence-corrected chi connectivity index (χ2v) is 8.76. The fourth-order valence-electron chi connectivity index (χ4n) is 3.96. The SMILES string of the molecule is C=C1C=C(c2ccnc3[nH]c(C)cc23)C=C(N2CCN(SCC)CC2C(F)(F)F)N1. The minimum absolute atomic E-state index is 0.0664. The summed E-state index contributed by atoms with van der Waals surface area (Å²) in [6.07, 6.45) is 1.01. The third kappa shape index (κ3) is 4.09. The number of nitrogens with zero attached hydrogens (tertiary/aromatic N) is 3. The first-order valence-electron chi connectivity index (χ1n) is 9.81. The molecule has 0 amide bonds. The van der Waals surface area contributed by atoms with Crippen LogP contribution < -0.4 is 5.32 Å². The van der Waals surface area contributed by atoms with E-state index >= 15 is 0 Å². The van der Waals surface area contributed by atoms with Crippen LogP contribution in [0.3, 0.4) is 0 Å². The highest BCUT2D eigenvalue weighted by molar-refractivity contribution is 7.96. The van der Waals surface area contributed by atoms with E-state index in [0.717, 1.165) is 33.6 Å². The molecule has 5 nitrogen and oxygen atoms in total. The average Bonchev–Trinajstić information content (AvgIpc) is 3.07.